The van der Waals surface area contributed by atoms with Gasteiger partial charge >= 0.3 is 0 Å². The second-order valence-corrected chi connectivity index (χ2v) is 4.69. The molecule has 1 aromatic carbocycles. The minimum Gasteiger partial charge on any atom is -0.197 e. The summed E-state index contributed by atoms with van der Waals surface area (Å²) >= 11 is 0. The normalized spacial score (nSPS) is 29.3. The third-order valence-corrected chi connectivity index (χ3v) is 3.73. The Kier molecular flexibility index (Phi) is 2.52. The van der Waals surface area contributed by atoms with E-state index in [4.69, 9.17) is 0 Å². The lowest BCUT2D eigenvalue weighted by Gasteiger charge is -2.43. The standard InChI is InChI=1S/C14H17N/c1-3-12-8-14(9-12,10-15)13-7-5-4-6-11(13)2/h4-7,12H,3,8-9H2,1-2H3. The second kappa shape index (κ2) is 3.70. The van der Waals surface area contributed by atoms with Crippen LogP contribution in [0.15, 0.2) is 24.3 Å². The van der Waals surface area contributed by atoms with E-state index in [1.54, 1.807) is 0 Å². The lowest BCUT2D eigenvalue weighted by Crippen LogP contribution is -2.40. The highest BCUT2D eigenvalue weighted by molar-refractivity contribution is 5.41. The molecule has 0 spiro atoms. The summed E-state index contributed by atoms with van der Waals surface area (Å²) in [6.07, 6.45) is 3.30. The second-order valence-electron chi connectivity index (χ2n) is 4.69. The first-order chi connectivity index (χ1) is 7.22. The summed E-state index contributed by atoms with van der Waals surface area (Å²) in [6.45, 7) is 4.32. The van der Waals surface area contributed by atoms with E-state index in [0.29, 0.717) is 0 Å². The number of rotatable bonds is 2. The number of nitrogens with zero attached hydrogens (tertiary/aromatic N) is 1. The summed E-state index contributed by atoms with van der Waals surface area (Å²) < 4.78 is 0. The molecule has 0 heterocycles. The quantitative estimate of drug-likeness (QED) is 0.714. The summed E-state index contributed by atoms with van der Waals surface area (Å²) in [5, 5.41) is 9.38. The first kappa shape index (κ1) is 10.2. The molecule has 1 heteroatoms. The van der Waals surface area contributed by atoms with Crippen LogP contribution < -0.4 is 0 Å². The molecule has 0 saturated heterocycles. The maximum absolute atomic E-state index is 9.38. The molecule has 1 aliphatic rings. The number of nitriles is 1. The summed E-state index contributed by atoms with van der Waals surface area (Å²) in [4.78, 5) is 0. The van der Waals surface area contributed by atoms with Gasteiger partial charge in [-0.25, -0.2) is 0 Å². The average Bonchev–Trinajstić information content (AvgIpc) is 2.20. The molecule has 0 amide bonds. The molecule has 15 heavy (non-hydrogen) atoms. The zero-order chi connectivity index (χ0) is 10.9. The zero-order valence-corrected chi connectivity index (χ0v) is 9.46. The molecule has 1 saturated carbocycles. The van der Waals surface area contributed by atoms with Gasteiger partial charge in [0.15, 0.2) is 0 Å². The number of aryl methyl sites for hydroxylation is 1. The van der Waals surface area contributed by atoms with Gasteiger partial charge in [-0.3, -0.25) is 0 Å². The predicted molar refractivity (Wildman–Crippen MR) is 61.5 cm³/mol. The molecule has 78 valence electrons. The van der Waals surface area contributed by atoms with Gasteiger partial charge in [0, 0.05) is 0 Å². The Morgan fingerprint density at radius 3 is 2.60 bits per heavy atom. The van der Waals surface area contributed by atoms with Gasteiger partial charge in [-0.15, -0.1) is 0 Å². The van der Waals surface area contributed by atoms with Crippen LogP contribution in [0.4, 0.5) is 0 Å². The van der Waals surface area contributed by atoms with Crippen molar-refractivity contribution < 1.29 is 0 Å². The lowest BCUT2D eigenvalue weighted by atomic mass is 9.58. The fourth-order valence-electron chi connectivity index (χ4n) is 2.70. The molecule has 1 nitrogen and oxygen atoms in total. The number of hydrogen-bond acceptors (Lipinski definition) is 1. The molecule has 0 radical (unpaired) electrons. The van der Waals surface area contributed by atoms with Gasteiger partial charge in [-0.1, -0.05) is 37.6 Å². The highest BCUT2D eigenvalue weighted by Gasteiger charge is 2.45. The van der Waals surface area contributed by atoms with Gasteiger partial charge in [0.05, 0.1) is 11.5 Å². The van der Waals surface area contributed by atoms with Crippen molar-refractivity contribution in [2.24, 2.45) is 5.92 Å². The maximum Gasteiger partial charge on any atom is 0.0830 e. The van der Waals surface area contributed by atoms with Gasteiger partial charge in [-0.2, -0.15) is 5.26 Å². The summed E-state index contributed by atoms with van der Waals surface area (Å²) in [5.74, 6) is 0.754. The van der Waals surface area contributed by atoms with E-state index in [2.05, 4.69) is 32.0 Å². The molecule has 0 aliphatic heterocycles. The van der Waals surface area contributed by atoms with E-state index in [1.807, 2.05) is 12.1 Å². The molecule has 0 unspecified atom stereocenters. The molecule has 2 rings (SSSR count). The summed E-state index contributed by atoms with van der Waals surface area (Å²) in [6, 6.07) is 10.8. The fraction of sp³-hybridized carbons (Fsp3) is 0.500. The van der Waals surface area contributed by atoms with Gasteiger partial charge in [0.1, 0.15) is 0 Å². The van der Waals surface area contributed by atoms with Crippen LogP contribution in [0, 0.1) is 24.2 Å². The average molecular weight is 199 g/mol. The molecule has 1 fully saturated rings. The molecular formula is C14H17N. The molecule has 0 atom stereocenters. The van der Waals surface area contributed by atoms with E-state index < -0.39 is 0 Å². The monoisotopic (exact) mass is 199 g/mol. The minimum atomic E-state index is -0.175. The molecule has 0 aromatic heterocycles. The van der Waals surface area contributed by atoms with Gasteiger partial charge < -0.3 is 0 Å². The summed E-state index contributed by atoms with van der Waals surface area (Å²) in [7, 11) is 0. The highest BCUT2D eigenvalue weighted by atomic mass is 14.5. The predicted octanol–water partition coefficient (Wildman–Crippen LogP) is 3.58. The molecular weight excluding hydrogens is 182 g/mol. The van der Waals surface area contributed by atoms with E-state index in [0.717, 1.165) is 18.8 Å². The van der Waals surface area contributed by atoms with E-state index in [1.165, 1.54) is 17.5 Å². The highest BCUT2D eigenvalue weighted by Crippen LogP contribution is 2.49. The first-order valence-electron chi connectivity index (χ1n) is 5.69. The maximum atomic E-state index is 9.38. The smallest absolute Gasteiger partial charge is 0.0830 e. The van der Waals surface area contributed by atoms with Crippen LogP contribution in [0.25, 0.3) is 0 Å². The van der Waals surface area contributed by atoms with Gasteiger partial charge in [0.25, 0.3) is 0 Å². The van der Waals surface area contributed by atoms with Crippen molar-refractivity contribution in [3.8, 4) is 6.07 Å². The van der Waals surface area contributed by atoms with E-state index in [9.17, 15) is 5.26 Å². The Morgan fingerprint density at radius 1 is 1.40 bits per heavy atom. The molecule has 0 N–H and O–H groups in total. The Morgan fingerprint density at radius 2 is 2.07 bits per heavy atom. The van der Waals surface area contributed by atoms with Crippen LogP contribution in [0.2, 0.25) is 0 Å². The van der Waals surface area contributed by atoms with Crippen LogP contribution in [-0.4, -0.2) is 0 Å². The van der Waals surface area contributed by atoms with Crippen LogP contribution >= 0.6 is 0 Å². The van der Waals surface area contributed by atoms with E-state index >= 15 is 0 Å². The Labute approximate surface area is 91.7 Å². The van der Waals surface area contributed by atoms with Gasteiger partial charge in [0.2, 0.25) is 0 Å². The van der Waals surface area contributed by atoms with Crippen molar-refractivity contribution in [1.29, 1.82) is 5.26 Å². The van der Waals surface area contributed by atoms with Crippen molar-refractivity contribution >= 4 is 0 Å². The minimum absolute atomic E-state index is 0.175. The Hall–Kier alpha value is -1.29. The van der Waals surface area contributed by atoms with Crippen molar-refractivity contribution in [3.05, 3.63) is 35.4 Å². The summed E-state index contributed by atoms with van der Waals surface area (Å²) in [5.41, 5.74) is 2.33. The zero-order valence-electron chi connectivity index (χ0n) is 9.46. The SMILES string of the molecule is CCC1CC(C#N)(c2ccccc2C)C1. The third kappa shape index (κ3) is 1.55. The third-order valence-electron chi connectivity index (χ3n) is 3.73. The van der Waals surface area contributed by atoms with E-state index in [-0.39, 0.29) is 5.41 Å². The van der Waals surface area contributed by atoms with Crippen LogP contribution in [0.5, 0.6) is 0 Å². The van der Waals surface area contributed by atoms with Crippen LogP contribution in [0.3, 0.4) is 0 Å². The topological polar surface area (TPSA) is 23.8 Å². The number of hydrogen-bond donors (Lipinski definition) is 0. The van der Waals surface area contributed by atoms with Crippen molar-refractivity contribution in [2.75, 3.05) is 0 Å². The Balaban J connectivity index is 2.31. The fourth-order valence-corrected chi connectivity index (χ4v) is 2.70. The lowest BCUT2D eigenvalue weighted by molar-refractivity contribution is 0.191. The van der Waals surface area contributed by atoms with Crippen molar-refractivity contribution in [2.45, 2.75) is 38.5 Å². The van der Waals surface area contributed by atoms with Crippen molar-refractivity contribution in [3.63, 3.8) is 0 Å². The molecule has 1 aliphatic carbocycles. The largest absolute Gasteiger partial charge is 0.197 e. The van der Waals surface area contributed by atoms with Gasteiger partial charge in [-0.05, 0) is 36.8 Å². The molecule has 1 aromatic rings. The van der Waals surface area contributed by atoms with Crippen LogP contribution in [0.1, 0.15) is 37.3 Å². The molecule has 0 bridgehead atoms. The first-order valence-corrected chi connectivity index (χ1v) is 5.69. The van der Waals surface area contributed by atoms with Crippen LogP contribution in [-0.2, 0) is 5.41 Å². The van der Waals surface area contributed by atoms with Crippen molar-refractivity contribution in [1.82, 2.24) is 0 Å². The Bertz CT molecular complexity index is 394. The number of benzene rings is 1.